The summed E-state index contributed by atoms with van der Waals surface area (Å²) in [6.07, 6.45) is 4.53. The van der Waals surface area contributed by atoms with Crippen molar-refractivity contribution in [2.24, 2.45) is 0 Å². The summed E-state index contributed by atoms with van der Waals surface area (Å²) >= 11 is 0. The average Bonchev–Trinajstić information content (AvgIpc) is 2.80. The summed E-state index contributed by atoms with van der Waals surface area (Å²) in [5, 5.41) is 0. The number of halogens is 1. The van der Waals surface area contributed by atoms with Crippen LogP contribution in [-0.4, -0.2) is 62.3 Å². The Balaban J connectivity index is 2.08. The molecule has 208 valence electrons. The lowest BCUT2D eigenvalue weighted by Crippen LogP contribution is -2.44. The van der Waals surface area contributed by atoms with Crippen LogP contribution < -0.4 is 4.31 Å². The predicted molar refractivity (Wildman–Crippen MR) is 143 cm³/mol. The van der Waals surface area contributed by atoms with Gasteiger partial charge < -0.3 is 14.2 Å². The lowest BCUT2D eigenvalue weighted by atomic mass is 9.97. The molecule has 1 fully saturated rings. The molecule has 0 aliphatic carbocycles. The molecule has 1 aromatic heterocycles. The number of hydrogen-bond acceptors (Lipinski definition) is 8. The van der Waals surface area contributed by atoms with E-state index in [2.05, 4.69) is 9.97 Å². The first kappa shape index (κ1) is 29.7. The van der Waals surface area contributed by atoms with E-state index in [-0.39, 0.29) is 24.3 Å². The Morgan fingerprint density at radius 1 is 1.24 bits per heavy atom. The first-order valence-electron chi connectivity index (χ1n) is 12.5. The quantitative estimate of drug-likeness (QED) is 0.415. The van der Waals surface area contributed by atoms with Crippen LogP contribution in [0, 0.1) is 5.82 Å². The van der Waals surface area contributed by atoms with Gasteiger partial charge in [-0.15, -0.1) is 0 Å². The van der Waals surface area contributed by atoms with Crippen LogP contribution in [0.3, 0.4) is 0 Å². The van der Waals surface area contributed by atoms with Gasteiger partial charge in [-0.05, 0) is 51.0 Å². The number of rotatable bonds is 9. The molecule has 1 saturated heterocycles. The van der Waals surface area contributed by atoms with Crippen molar-refractivity contribution in [3.63, 3.8) is 0 Å². The van der Waals surface area contributed by atoms with E-state index in [1.165, 1.54) is 19.2 Å². The van der Waals surface area contributed by atoms with E-state index in [9.17, 15) is 17.6 Å². The second-order valence-corrected chi connectivity index (χ2v) is 12.0. The van der Waals surface area contributed by atoms with Gasteiger partial charge in [0.1, 0.15) is 5.82 Å². The first-order chi connectivity index (χ1) is 17.7. The molecule has 1 aliphatic heterocycles. The highest BCUT2D eigenvalue weighted by molar-refractivity contribution is 7.92. The molecule has 0 bridgehead atoms. The molecule has 1 aromatic carbocycles. The maximum absolute atomic E-state index is 13.7. The van der Waals surface area contributed by atoms with Crippen molar-refractivity contribution < 1.29 is 31.8 Å². The number of nitrogens with zero attached hydrogens (tertiary/aromatic N) is 3. The van der Waals surface area contributed by atoms with Crippen molar-refractivity contribution in [2.75, 3.05) is 24.2 Å². The Kier molecular flexibility index (Phi) is 9.27. The number of sulfonamides is 1. The van der Waals surface area contributed by atoms with E-state index >= 15 is 0 Å². The normalized spacial score (nSPS) is 19.6. The summed E-state index contributed by atoms with van der Waals surface area (Å²) in [5.41, 5.74) is 2.34. The van der Waals surface area contributed by atoms with Gasteiger partial charge in [-0.25, -0.2) is 27.1 Å². The third-order valence-corrected chi connectivity index (χ3v) is 7.12. The van der Waals surface area contributed by atoms with Crippen LogP contribution in [0.25, 0.3) is 17.3 Å². The molecule has 1 aliphatic rings. The number of anilines is 1. The molecule has 0 radical (unpaired) electrons. The minimum absolute atomic E-state index is 0.0191. The smallest absolute Gasteiger partial charge is 0.308 e. The standard InChI is InChI=1S/C27H36FN3O6S/c1-8-35-23(32)16-21-15-20(36-27(4,5)37-21)13-14-22-24(17(2)3)29-26(31(6)38(7,33)34)30-25(22)18-9-11-19(28)12-10-18/h9-14,17,20-21H,8,15-16H2,1-7H3/b14-13+/t20-,21-/m1/s1. The van der Waals surface area contributed by atoms with Crippen LogP contribution in [0.2, 0.25) is 0 Å². The van der Waals surface area contributed by atoms with E-state index in [1.54, 1.807) is 32.9 Å². The zero-order valence-corrected chi connectivity index (χ0v) is 23.7. The number of aromatic nitrogens is 2. The first-order valence-corrected chi connectivity index (χ1v) is 14.4. The Labute approximate surface area is 224 Å². The van der Waals surface area contributed by atoms with E-state index in [0.29, 0.717) is 35.5 Å². The molecule has 0 N–H and O–H groups in total. The van der Waals surface area contributed by atoms with Gasteiger partial charge in [0.25, 0.3) is 0 Å². The highest BCUT2D eigenvalue weighted by Gasteiger charge is 2.36. The summed E-state index contributed by atoms with van der Waals surface area (Å²) in [6, 6.07) is 5.83. The molecule has 2 atom stereocenters. The Morgan fingerprint density at radius 2 is 1.89 bits per heavy atom. The summed E-state index contributed by atoms with van der Waals surface area (Å²) in [4.78, 5) is 21.2. The van der Waals surface area contributed by atoms with Crippen molar-refractivity contribution in [1.29, 1.82) is 0 Å². The molecule has 2 heterocycles. The minimum Gasteiger partial charge on any atom is -0.466 e. The molecule has 0 spiro atoms. The summed E-state index contributed by atoms with van der Waals surface area (Å²) < 4.78 is 56.3. The van der Waals surface area contributed by atoms with E-state index < -0.39 is 33.8 Å². The number of carbonyl (C=O) groups is 1. The second-order valence-electron chi connectivity index (χ2n) is 9.96. The zero-order chi connectivity index (χ0) is 28.3. The van der Waals surface area contributed by atoms with Crippen molar-refractivity contribution in [1.82, 2.24) is 9.97 Å². The molecule has 0 amide bonds. The monoisotopic (exact) mass is 549 g/mol. The van der Waals surface area contributed by atoms with Crippen LogP contribution in [0.15, 0.2) is 30.3 Å². The number of ether oxygens (including phenoxy) is 3. The highest BCUT2D eigenvalue weighted by Crippen LogP contribution is 2.34. The van der Waals surface area contributed by atoms with Gasteiger partial charge in [-0.1, -0.05) is 26.0 Å². The minimum atomic E-state index is -3.62. The van der Waals surface area contributed by atoms with Crippen LogP contribution in [-0.2, 0) is 29.0 Å². The molecule has 3 rings (SSSR count). The number of esters is 1. The molecule has 0 unspecified atom stereocenters. The third-order valence-electron chi connectivity index (χ3n) is 5.97. The summed E-state index contributed by atoms with van der Waals surface area (Å²) in [5.74, 6) is -1.73. The van der Waals surface area contributed by atoms with Gasteiger partial charge in [0.05, 0.1) is 42.9 Å². The lowest BCUT2D eigenvalue weighted by Gasteiger charge is -2.39. The maximum atomic E-state index is 13.7. The van der Waals surface area contributed by atoms with Crippen molar-refractivity contribution in [2.45, 2.75) is 71.4 Å². The molecule has 2 aromatic rings. The zero-order valence-electron chi connectivity index (χ0n) is 22.9. The van der Waals surface area contributed by atoms with E-state index in [1.807, 2.05) is 26.0 Å². The molecular formula is C27H36FN3O6S. The van der Waals surface area contributed by atoms with E-state index in [4.69, 9.17) is 14.2 Å². The topological polar surface area (TPSA) is 108 Å². The predicted octanol–water partition coefficient (Wildman–Crippen LogP) is 4.68. The van der Waals surface area contributed by atoms with Crippen LogP contribution in [0.5, 0.6) is 0 Å². The van der Waals surface area contributed by atoms with Gasteiger partial charge in [-0.3, -0.25) is 4.79 Å². The van der Waals surface area contributed by atoms with Gasteiger partial charge in [-0.2, -0.15) is 0 Å². The van der Waals surface area contributed by atoms with Gasteiger partial charge in [0.15, 0.2) is 5.79 Å². The second kappa shape index (κ2) is 11.9. The molecule has 38 heavy (non-hydrogen) atoms. The Morgan fingerprint density at radius 3 is 2.47 bits per heavy atom. The largest absolute Gasteiger partial charge is 0.466 e. The van der Waals surface area contributed by atoms with Crippen LogP contribution >= 0.6 is 0 Å². The van der Waals surface area contributed by atoms with Crippen molar-refractivity contribution in [3.8, 4) is 11.3 Å². The summed E-state index contributed by atoms with van der Waals surface area (Å²) in [6.45, 7) is 9.51. The van der Waals surface area contributed by atoms with Crippen molar-refractivity contribution >= 4 is 28.0 Å². The number of benzene rings is 1. The Bertz CT molecular complexity index is 1280. The fraction of sp³-hybridized carbons (Fsp3) is 0.519. The van der Waals surface area contributed by atoms with E-state index in [0.717, 1.165) is 10.6 Å². The van der Waals surface area contributed by atoms with Gasteiger partial charge >= 0.3 is 5.97 Å². The average molecular weight is 550 g/mol. The molecule has 11 heteroatoms. The van der Waals surface area contributed by atoms with Gasteiger partial charge in [0, 0.05) is 24.6 Å². The SMILES string of the molecule is CCOC(=O)C[C@H]1C[C@@H](/C=C/c2c(-c3ccc(F)cc3)nc(N(C)S(C)(=O)=O)nc2C(C)C)OC(C)(C)O1. The molecule has 9 nitrogen and oxygen atoms in total. The third kappa shape index (κ3) is 7.58. The molecular weight excluding hydrogens is 513 g/mol. The number of hydrogen-bond donors (Lipinski definition) is 0. The Hall–Kier alpha value is -2.89. The molecule has 0 saturated carbocycles. The lowest BCUT2D eigenvalue weighted by molar-refractivity contribution is -0.290. The number of carbonyl (C=O) groups excluding carboxylic acids is 1. The van der Waals surface area contributed by atoms with Crippen LogP contribution in [0.4, 0.5) is 10.3 Å². The van der Waals surface area contributed by atoms with Crippen molar-refractivity contribution in [3.05, 3.63) is 47.4 Å². The van der Waals surface area contributed by atoms with Crippen LogP contribution in [0.1, 0.15) is 64.6 Å². The highest BCUT2D eigenvalue weighted by atomic mass is 32.2. The van der Waals surface area contributed by atoms with Gasteiger partial charge in [0.2, 0.25) is 16.0 Å². The summed E-state index contributed by atoms with van der Waals surface area (Å²) in [7, 11) is -2.23. The maximum Gasteiger partial charge on any atom is 0.308 e. The fourth-order valence-electron chi connectivity index (χ4n) is 4.20. The fourth-order valence-corrected chi connectivity index (χ4v) is 4.58.